The highest BCUT2D eigenvalue weighted by atomic mass is 16.5. The molecule has 2 unspecified atom stereocenters. The molecule has 3 aromatic rings. The number of anilines is 1. The first-order valence-corrected chi connectivity index (χ1v) is 13.3. The molecule has 2 atom stereocenters. The molecule has 2 N–H and O–H groups in total. The van der Waals surface area contributed by atoms with Gasteiger partial charge in [0.2, 0.25) is 5.91 Å². The minimum atomic E-state index is -0.730. The maximum Gasteiger partial charge on any atom is 0.235 e. The summed E-state index contributed by atoms with van der Waals surface area (Å²) in [6.07, 6.45) is 3.59. The second-order valence-corrected chi connectivity index (χ2v) is 10.0. The summed E-state index contributed by atoms with van der Waals surface area (Å²) in [5.74, 6) is 1.04. The maximum absolute atomic E-state index is 13.8. The first-order chi connectivity index (χ1) is 19.4. The van der Waals surface area contributed by atoms with E-state index in [1.54, 1.807) is 20.4 Å². The molecule has 40 heavy (non-hydrogen) atoms. The lowest BCUT2D eigenvalue weighted by molar-refractivity contribution is -0.120. The minimum Gasteiger partial charge on any atom is -0.497 e. The van der Waals surface area contributed by atoms with Crippen LogP contribution in [0.5, 0.6) is 17.2 Å². The summed E-state index contributed by atoms with van der Waals surface area (Å²) in [6, 6.07) is 16.7. The molecule has 0 radical (unpaired) electrons. The summed E-state index contributed by atoms with van der Waals surface area (Å²) in [5, 5.41) is 6.23. The predicted octanol–water partition coefficient (Wildman–Crippen LogP) is 5.45. The van der Waals surface area contributed by atoms with Crippen molar-refractivity contribution in [2.45, 2.75) is 38.7 Å². The highest BCUT2D eigenvalue weighted by Crippen LogP contribution is 2.45. The quantitative estimate of drug-likeness (QED) is 0.393. The average molecular weight is 540 g/mol. The van der Waals surface area contributed by atoms with Crippen molar-refractivity contribution in [3.8, 4) is 17.2 Å². The fourth-order valence-corrected chi connectivity index (χ4v) is 5.41. The third kappa shape index (κ3) is 5.57. The van der Waals surface area contributed by atoms with Crippen LogP contribution in [0.2, 0.25) is 0 Å². The third-order valence-electron chi connectivity index (χ3n) is 7.35. The van der Waals surface area contributed by atoms with Crippen LogP contribution in [-0.2, 0) is 16.2 Å². The number of ketones is 1. The van der Waals surface area contributed by atoms with E-state index < -0.39 is 11.8 Å². The van der Waals surface area contributed by atoms with Crippen LogP contribution in [0.3, 0.4) is 0 Å². The van der Waals surface area contributed by atoms with Gasteiger partial charge in [-0.1, -0.05) is 12.6 Å². The van der Waals surface area contributed by atoms with Crippen LogP contribution in [-0.4, -0.2) is 30.9 Å². The zero-order chi connectivity index (χ0) is 28.2. The number of aromatic nitrogens is 1. The lowest BCUT2D eigenvalue weighted by Crippen LogP contribution is -2.42. The van der Waals surface area contributed by atoms with Crippen molar-refractivity contribution in [3.05, 3.63) is 101 Å². The van der Waals surface area contributed by atoms with Crippen LogP contribution < -0.4 is 24.8 Å². The number of methoxy groups -OCH3 is 2. The smallest absolute Gasteiger partial charge is 0.235 e. The number of carbonyl (C=O) groups excluding carboxylic acids is 2. The number of hydrogen-bond acceptors (Lipinski definition) is 7. The van der Waals surface area contributed by atoms with Gasteiger partial charge in [0, 0.05) is 41.1 Å². The van der Waals surface area contributed by atoms with Crippen molar-refractivity contribution >= 4 is 17.5 Å². The van der Waals surface area contributed by atoms with Gasteiger partial charge >= 0.3 is 0 Å². The van der Waals surface area contributed by atoms with Crippen LogP contribution in [0.1, 0.15) is 41.9 Å². The number of allylic oxidation sites excluding steroid dienone is 2. The first kappa shape index (κ1) is 27.0. The van der Waals surface area contributed by atoms with E-state index in [-0.39, 0.29) is 18.3 Å². The fourth-order valence-electron chi connectivity index (χ4n) is 5.41. The van der Waals surface area contributed by atoms with Gasteiger partial charge in [-0.2, -0.15) is 0 Å². The van der Waals surface area contributed by atoms with Gasteiger partial charge in [0.1, 0.15) is 29.7 Å². The van der Waals surface area contributed by atoms with Gasteiger partial charge < -0.3 is 24.8 Å². The van der Waals surface area contributed by atoms with E-state index in [1.807, 2.05) is 61.5 Å². The molecule has 1 aliphatic carbocycles. The predicted molar refractivity (Wildman–Crippen MR) is 152 cm³/mol. The van der Waals surface area contributed by atoms with Crippen molar-refractivity contribution in [1.29, 1.82) is 0 Å². The Hall–Kier alpha value is -4.59. The maximum atomic E-state index is 13.8. The summed E-state index contributed by atoms with van der Waals surface area (Å²) in [5.41, 5.74) is 4.63. The zero-order valence-corrected chi connectivity index (χ0v) is 23.0. The molecule has 206 valence electrons. The zero-order valence-electron chi connectivity index (χ0n) is 23.0. The molecule has 5 rings (SSSR count). The summed E-state index contributed by atoms with van der Waals surface area (Å²) >= 11 is 0. The number of aryl methyl sites for hydroxylation is 1. The van der Waals surface area contributed by atoms with E-state index in [0.717, 1.165) is 41.0 Å². The molecule has 1 amide bonds. The second kappa shape index (κ2) is 11.7. The molecular formula is C32H33N3O5. The number of carbonyl (C=O) groups is 2. The highest BCUT2D eigenvalue weighted by molar-refractivity contribution is 6.02. The number of nitrogens with zero attached hydrogens (tertiary/aromatic N) is 1. The monoisotopic (exact) mass is 539 g/mol. The van der Waals surface area contributed by atoms with E-state index in [4.69, 9.17) is 14.2 Å². The number of ether oxygens (including phenoxy) is 3. The normalized spacial score (nSPS) is 18.5. The summed E-state index contributed by atoms with van der Waals surface area (Å²) in [4.78, 5) is 31.4. The van der Waals surface area contributed by atoms with Crippen LogP contribution in [0.15, 0.2) is 84.3 Å². The van der Waals surface area contributed by atoms with Gasteiger partial charge in [-0.15, -0.1) is 0 Å². The largest absolute Gasteiger partial charge is 0.497 e. The lowest BCUT2D eigenvalue weighted by Gasteiger charge is -2.38. The number of rotatable bonds is 8. The fraction of sp³-hybridized carbons (Fsp3) is 0.281. The summed E-state index contributed by atoms with van der Waals surface area (Å²) < 4.78 is 16.9. The van der Waals surface area contributed by atoms with Crippen LogP contribution in [0.4, 0.5) is 5.82 Å². The average Bonchev–Trinajstić information content (AvgIpc) is 2.95. The van der Waals surface area contributed by atoms with Crippen molar-refractivity contribution < 1.29 is 23.8 Å². The Labute approximate surface area is 234 Å². The van der Waals surface area contributed by atoms with Gasteiger partial charge in [0.15, 0.2) is 5.78 Å². The van der Waals surface area contributed by atoms with Gasteiger partial charge in [0.25, 0.3) is 0 Å². The number of pyridine rings is 1. The Morgan fingerprint density at radius 1 is 1.05 bits per heavy atom. The third-order valence-corrected chi connectivity index (χ3v) is 7.35. The molecule has 8 heteroatoms. The Kier molecular flexibility index (Phi) is 7.86. The molecule has 0 spiro atoms. The van der Waals surface area contributed by atoms with Crippen LogP contribution >= 0.6 is 0 Å². The standard InChI is InChI=1S/C32H33N3O5/c1-19-14-15-33-28(16-19)35-32(37)29-20(2)34-25-6-5-7-26(36)31(25)30(29)21-8-13-27(39-4)22(17-21)18-40-24-11-9-23(38-3)10-12-24/h8-17,29-30,34H,2,5-7,18H2,1,3-4H3,(H,33,35,37). The van der Waals surface area contributed by atoms with E-state index >= 15 is 0 Å². The molecule has 2 aromatic carbocycles. The molecule has 2 heterocycles. The number of nitrogens with one attached hydrogen (secondary N) is 2. The van der Waals surface area contributed by atoms with Crippen molar-refractivity contribution in [2.24, 2.45) is 5.92 Å². The van der Waals surface area contributed by atoms with Crippen molar-refractivity contribution in [3.63, 3.8) is 0 Å². The van der Waals surface area contributed by atoms with Crippen LogP contribution in [0.25, 0.3) is 0 Å². The molecule has 0 saturated carbocycles. The lowest BCUT2D eigenvalue weighted by atomic mass is 9.71. The molecule has 1 aromatic heterocycles. The van der Waals surface area contributed by atoms with Crippen LogP contribution in [0, 0.1) is 12.8 Å². The molecular weight excluding hydrogens is 506 g/mol. The molecule has 1 aliphatic heterocycles. The van der Waals surface area contributed by atoms with Gasteiger partial charge in [0.05, 0.1) is 20.1 Å². The SMILES string of the molecule is C=C1NC2=C(C(=O)CCC2)C(c2ccc(OC)c(COc3ccc(OC)cc3)c2)C1C(=O)Nc1cc(C)ccn1. The summed E-state index contributed by atoms with van der Waals surface area (Å²) in [6.45, 7) is 6.39. The second-order valence-electron chi connectivity index (χ2n) is 10.0. The first-order valence-electron chi connectivity index (χ1n) is 13.3. The Bertz CT molecular complexity index is 1480. The Morgan fingerprint density at radius 3 is 2.55 bits per heavy atom. The van der Waals surface area contributed by atoms with Gasteiger partial charge in [-0.3, -0.25) is 9.59 Å². The number of benzene rings is 2. The Morgan fingerprint density at radius 2 is 1.82 bits per heavy atom. The molecule has 2 aliphatic rings. The highest BCUT2D eigenvalue weighted by Gasteiger charge is 2.43. The molecule has 8 nitrogen and oxygen atoms in total. The van der Waals surface area contributed by atoms with E-state index in [9.17, 15) is 9.59 Å². The number of hydrogen-bond donors (Lipinski definition) is 2. The van der Waals surface area contributed by atoms with Gasteiger partial charge in [-0.05, 0) is 79.4 Å². The number of Topliss-reactive ketones (excluding diaryl/α,β-unsaturated/α-hetero) is 1. The molecule has 0 saturated heterocycles. The van der Waals surface area contributed by atoms with Crippen molar-refractivity contribution in [2.75, 3.05) is 19.5 Å². The molecule has 0 fully saturated rings. The van der Waals surface area contributed by atoms with E-state index in [0.29, 0.717) is 35.0 Å². The number of amides is 1. The van der Waals surface area contributed by atoms with E-state index in [2.05, 4.69) is 22.2 Å². The minimum absolute atomic E-state index is 0.0459. The molecule has 0 bridgehead atoms. The topological polar surface area (TPSA) is 98.8 Å². The van der Waals surface area contributed by atoms with Crippen molar-refractivity contribution in [1.82, 2.24) is 10.3 Å². The summed E-state index contributed by atoms with van der Waals surface area (Å²) in [7, 11) is 3.22. The van der Waals surface area contributed by atoms with E-state index in [1.165, 1.54) is 0 Å². The Balaban J connectivity index is 1.51. The van der Waals surface area contributed by atoms with Gasteiger partial charge in [-0.25, -0.2) is 4.98 Å².